The number of unbranched alkanes of at least 4 members (excludes halogenated alkanes) is 3. The molecule has 1 fully saturated rings. The maximum atomic E-state index is 11.2. The summed E-state index contributed by atoms with van der Waals surface area (Å²) in [6.45, 7) is 5.29. The number of rotatable bonds is 9. The van der Waals surface area contributed by atoms with Crippen LogP contribution in [0, 0.1) is 0 Å². The maximum Gasteiger partial charge on any atom is 0.302 e. The van der Waals surface area contributed by atoms with Crippen LogP contribution in [0.25, 0.3) is 0 Å². The lowest BCUT2D eigenvalue weighted by atomic mass is 10.0. The van der Waals surface area contributed by atoms with Gasteiger partial charge in [-0.2, -0.15) is 0 Å². The molecule has 1 aliphatic rings. The first-order valence-electron chi connectivity index (χ1n) is 8.30. The average molecular weight is 347 g/mol. The molecule has 0 bridgehead atoms. The van der Waals surface area contributed by atoms with E-state index in [1.807, 2.05) is 0 Å². The molecule has 6 nitrogen and oxygen atoms in total. The molecule has 134 valence electrons. The highest BCUT2D eigenvalue weighted by Crippen LogP contribution is 2.30. The van der Waals surface area contributed by atoms with E-state index in [1.165, 1.54) is 26.7 Å². The van der Waals surface area contributed by atoms with E-state index < -0.39 is 23.6 Å². The molecule has 0 aliphatic carbocycles. The van der Waals surface area contributed by atoms with Crippen molar-refractivity contribution in [2.24, 2.45) is 0 Å². The van der Waals surface area contributed by atoms with Crippen LogP contribution < -0.4 is 5.32 Å². The van der Waals surface area contributed by atoms with Crippen molar-refractivity contribution in [3.8, 4) is 0 Å². The molecule has 4 atom stereocenters. The molecule has 7 heteroatoms. The van der Waals surface area contributed by atoms with E-state index in [0.717, 1.165) is 18.6 Å². The third-order valence-electron chi connectivity index (χ3n) is 3.66. The van der Waals surface area contributed by atoms with Gasteiger partial charge in [-0.25, -0.2) is 0 Å². The van der Waals surface area contributed by atoms with Crippen LogP contribution in [0.5, 0.6) is 0 Å². The Labute approximate surface area is 142 Å². The first kappa shape index (κ1) is 20.3. The molecule has 2 N–H and O–H groups in total. The van der Waals surface area contributed by atoms with Crippen LogP contribution in [0.1, 0.15) is 52.9 Å². The van der Waals surface area contributed by atoms with Crippen molar-refractivity contribution in [2.75, 3.05) is 12.3 Å². The fourth-order valence-corrected chi connectivity index (χ4v) is 3.70. The molecular formula is C16H29NO5S. The van der Waals surface area contributed by atoms with Gasteiger partial charge in [0.25, 0.3) is 0 Å². The molecular weight excluding hydrogens is 318 g/mol. The van der Waals surface area contributed by atoms with E-state index in [4.69, 9.17) is 9.47 Å². The van der Waals surface area contributed by atoms with E-state index >= 15 is 0 Å². The fraction of sp³-hybridized carbons (Fsp3) is 0.875. The summed E-state index contributed by atoms with van der Waals surface area (Å²) in [5, 5.41) is 13.1. The standard InChI is InChI=1S/C16H29NO5S/c1-4-5-6-7-8-23-16-15(20)14(21-12(3)19)9-13(22-16)10-17-11(2)18/h13-16,20H,4-10H2,1-3H3,(H,17,18)/t13-,14-,15-,16+/m0/s1. The molecule has 0 aromatic rings. The van der Waals surface area contributed by atoms with Crippen LogP contribution in [0.4, 0.5) is 0 Å². The summed E-state index contributed by atoms with van der Waals surface area (Å²) in [4.78, 5) is 22.3. The molecule has 0 aromatic carbocycles. The Hall–Kier alpha value is -0.790. The number of esters is 1. The van der Waals surface area contributed by atoms with Crippen molar-refractivity contribution in [3.05, 3.63) is 0 Å². The molecule has 0 saturated carbocycles. The minimum Gasteiger partial charge on any atom is -0.460 e. The van der Waals surface area contributed by atoms with Gasteiger partial charge in [-0.1, -0.05) is 26.2 Å². The Kier molecular flexibility index (Phi) is 9.59. The molecule has 0 unspecified atom stereocenters. The molecule has 1 saturated heterocycles. The molecule has 23 heavy (non-hydrogen) atoms. The summed E-state index contributed by atoms with van der Waals surface area (Å²) in [6.07, 6.45) is 3.30. The first-order chi connectivity index (χ1) is 10.9. The number of thioether (sulfide) groups is 1. The van der Waals surface area contributed by atoms with E-state index in [-0.39, 0.29) is 12.0 Å². The van der Waals surface area contributed by atoms with Crippen LogP contribution in [0.2, 0.25) is 0 Å². The zero-order valence-electron chi connectivity index (χ0n) is 14.2. The molecule has 0 aromatic heterocycles. The summed E-state index contributed by atoms with van der Waals surface area (Å²) in [5.41, 5.74) is -0.437. The van der Waals surface area contributed by atoms with Crippen LogP contribution in [-0.2, 0) is 19.1 Å². The van der Waals surface area contributed by atoms with Crippen LogP contribution in [-0.4, -0.2) is 53.0 Å². The molecule has 1 amide bonds. The Balaban J connectivity index is 2.53. The van der Waals surface area contributed by atoms with Gasteiger partial charge in [-0.05, 0) is 12.2 Å². The van der Waals surface area contributed by atoms with Gasteiger partial charge >= 0.3 is 5.97 Å². The van der Waals surface area contributed by atoms with E-state index in [9.17, 15) is 14.7 Å². The number of hydrogen-bond acceptors (Lipinski definition) is 6. The first-order valence-corrected chi connectivity index (χ1v) is 9.35. The van der Waals surface area contributed by atoms with E-state index in [2.05, 4.69) is 12.2 Å². The highest BCUT2D eigenvalue weighted by molar-refractivity contribution is 7.99. The van der Waals surface area contributed by atoms with Gasteiger partial charge in [-0.3, -0.25) is 9.59 Å². The number of ether oxygens (including phenoxy) is 2. The lowest BCUT2D eigenvalue weighted by Gasteiger charge is -2.38. The van der Waals surface area contributed by atoms with Gasteiger partial charge in [0.1, 0.15) is 17.6 Å². The van der Waals surface area contributed by atoms with Crippen LogP contribution >= 0.6 is 11.8 Å². The maximum absolute atomic E-state index is 11.2. The summed E-state index contributed by atoms with van der Waals surface area (Å²) in [7, 11) is 0. The van der Waals surface area contributed by atoms with Crippen molar-refractivity contribution in [1.82, 2.24) is 5.32 Å². The Morgan fingerprint density at radius 2 is 2.04 bits per heavy atom. The van der Waals surface area contributed by atoms with Gasteiger partial charge in [-0.15, -0.1) is 11.8 Å². The summed E-state index contributed by atoms with van der Waals surface area (Å²) >= 11 is 1.55. The monoisotopic (exact) mass is 347 g/mol. The normalized spacial score (nSPS) is 27.5. The van der Waals surface area contributed by atoms with Crippen molar-refractivity contribution in [3.63, 3.8) is 0 Å². The smallest absolute Gasteiger partial charge is 0.302 e. The van der Waals surface area contributed by atoms with Crippen LogP contribution in [0.3, 0.4) is 0 Å². The van der Waals surface area contributed by atoms with Crippen molar-refractivity contribution >= 4 is 23.6 Å². The highest BCUT2D eigenvalue weighted by atomic mass is 32.2. The lowest BCUT2D eigenvalue weighted by molar-refractivity contribution is -0.175. The average Bonchev–Trinajstić information content (AvgIpc) is 2.48. The third-order valence-corrected chi connectivity index (χ3v) is 4.90. The number of aliphatic hydroxyl groups is 1. The summed E-state index contributed by atoms with van der Waals surface area (Å²) in [5.74, 6) is 0.343. The zero-order chi connectivity index (χ0) is 17.2. The van der Waals surface area contributed by atoms with E-state index in [0.29, 0.717) is 13.0 Å². The molecule has 1 aliphatic heterocycles. The lowest BCUT2D eigenvalue weighted by Crippen LogP contribution is -2.51. The summed E-state index contributed by atoms with van der Waals surface area (Å²) < 4.78 is 11.1. The van der Waals surface area contributed by atoms with Gasteiger partial charge in [0.2, 0.25) is 5.91 Å². The molecule has 1 rings (SSSR count). The predicted octanol–water partition coefficient (Wildman–Crippen LogP) is 1.84. The van der Waals surface area contributed by atoms with E-state index in [1.54, 1.807) is 11.8 Å². The van der Waals surface area contributed by atoms with Gasteiger partial charge in [0.05, 0.1) is 6.10 Å². The molecule has 0 radical (unpaired) electrons. The topological polar surface area (TPSA) is 84.9 Å². The van der Waals surface area contributed by atoms with Gasteiger partial charge < -0.3 is 19.9 Å². The zero-order valence-corrected chi connectivity index (χ0v) is 15.1. The van der Waals surface area contributed by atoms with Crippen molar-refractivity contribution in [1.29, 1.82) is 0 Å². The Morgan fingerprint density at radius 1 is 1.30 bits per heavy atom. The minimum absolute atomic E-state index is 0.132. The van der Waals surface area contributed by atoms with Crippen molar-refractivity contribution in [2.45, 2.75) is 76.6 Å². The molecule has 1 heterocycles. The number of hydrogen-bond donors (Lipinski definition) is 2. The van der Waals surface area contributed by atoms with Crippen molar-refractivity contribution < 1.29 is 24.2 Å². The third kappa shape index (κ3) is 8.04. The number of nitrogens with one attached hydrogen (secondary N) is 1. The second kappa shape index (κ2) is 10.9. The van der Waals surface area contributed by atoms with Gasteiger partial charge in [0.15, 0.2) is 0 Å². The number of carbonyl (C=O) groups is 2. The van der Waals surface area contributed by atoms with Crippen LogP contribution in [0.15, 0.2) is 0 Å². The number of aliphatic hydroxyl groups excluding tert-OH is 1. The molecule has 0 spiro atoms. The predicted molar refractivity (Wildman–Crippen MR) is 90.1 cm³/mol. The largest absolute Gasteiger partial charge is 0.460 e. The SMILES string of the molecule is CCCCCCS[C@H]1O[C@H](CNC(C)=O)C[C@H](OC(C)=O)[C@@H]1O. The quantitative estimate of drug-likeness (QED) is 0.489. The highest BCUT2D eigenvalue weighted by Gasteiger charge is 2.39. The number of carbonyl (C=O) groups excluding carboxylic acids is 2. The Morgan fingerprint density at radius 3 is 2.65 bits per heavy atom. The van der Waals surface area contributed by atoms with Gasteiger partial charge in [0, 0.05) is 26.8 Å². The number of amides is 1. The minimum atomic E-state index is -0.844. The second-order valence-corrected chi connectivity index (χ2v) is 7.08. The second-order valence-electron chi connectivity index (χ2n) is 5.87. The summed E-state index contributed by atoms with van der Waals surface area (Å²) in [6, 6.07) is 0. The Bertz CT molecular complexity index is 379. The fourth-order valence-electron chi connectivity index (χ4n) is 2.49.